The highest BCUT2D eigenvalue weighted by molar-refractivity contribution is 6.26. The van der Waals surface area contributed by atoms with Crippen LogP contribution in [0.1, 0.15) is 93.9 Å². The van der Waals surface area contributed by atoms with Crippen LogP contribution in [0.15, 0.2) is 0 Å². The number of urea groups is 1. The van der Waals surface area contributed by atoms with Crippen molar-refractivity contribution in [2.45, 2.75) is 75.8 Å². The first-order chi connectivity index (χ1) is 21.7. The molecule has 0 atom stereocenters. The third-order valence-corrected chi connectivity index (χ3v) is 3.41. The number of hydrogen-bond donors (Lipinski definition) is 2. The van der Waals surface area contributed by atoms with Crippen molar-refractivity contribution in [2.75, 3.05) is 6.54 Å². The molecule has 2 N–H and O–H groups in total. The van der Waals surface area contributed by atoms with Crippen LogP contribution in [-0.2, 0) is 19.2 Å². The highest BCUT2D eigenvalue weighted by Crippen LogP contribution is 2.32. The normalized spacial score (nSPS) is 55.1. The van der Waals surface area contributed by atoms with Crippen molar-refractivity contribution in [3.8, 4) is 0 Å². The molecule has 9 heteroatoms. The van der Waals surface area contributed by atoms with Gasteiger partial charge < -0.3 is 10.4 Å². The standard InChI is InChI=1S/C19H27N3O6/c23-14(24)11-20-16(25)15-17(26)21(12-7-3-1-4-8-12)19(28)22(18(15)27)13-9-5-2-6-10-13/h12-13,15H,1-11H2,(H,20,25)(H,23,24)/i1D2,2D2,3D2,4D2,5D2,6D2,7D2,8D2,9D2,10D2,12D,13D. The zero-order valence-corrected chi connectivity index (χ0v) is 13.7. The largest absolute Gasteiger partial charge is 0.480 e. The second-order valence-corrected chi connectivity index (χ2v) is 5.12. The van der Waals surface area contributed by atoms with Crippen LogP contribution in [0.3, 0.4) is 0 Å². The Kier molecular flexibility index (Phi) is 1.95. The number of hydrogen-bond acceptors (Lipinski definition) is 5. The van der Waals surface area contributed by atoms with Crippen molar-refractivity contribution in [1.29, 1.82) is 0 Å². The van der Waals surface area contributed by atoms with E-state index >= 15 is 0 Å². The van der Waals surface area contributed by atoms with Gasteiger partial charge in [0.15, 0.2) is 5.92 Å². The average Bonchev–Trinajstić information content (AvgIpc) is 2.93. The summed E-state index contributed by atoms with van der Waals surface area (Å²) in [6.45, 7) is -1.50. The fourth-order valence-corrected chi connectivity index (χ4v) is 2.26. The average molecular weight is 416 g/mol. The summed E-state index contributed by atoms with van der Waals surface area (Å²) < 4.78 is 182. The zero-order valence-electron chi connectivity index (χ0n) is 35.7. The maximum atomic E-state index is 14.3. The maximum absolute atomic E-state index is 14.3. The number of carboxylic acid groups (broad SMARTS) is 1. The molecule has 28 heavy (non-hydrogen) atoms. The maximum Gasteiger partial charge on any atom is 0.333 e. The first kappa shape index (κ1) is 6.27. The predicted octanol–water partition coefficient (Wildman–Crippen LogP) is 1.26. The van der Waals surface area contributed by atoms with E-state index in [0.717, 1.165) is 0 Å². The minimum Gasteiger partial charge on any atom is -0.480 e. The van der Waals surface area contributed by atoms with Crippen molar-refractivity contribution in [3.63, 3.8) is 0 Å². The van der Waals surface area contributed by atoms with E-state index in [4.69, 9.17) is 35.3 Å². The first-order valence-corrected chi connectivity index (χ1v) is 7.41. The molecule has 5 amide bonds. The predicted molar refractivity (Wildman–Crippen MR) is 97.0 cm³/mol. The van der Waals surface area contributed by atoms with Crippen molar-refractivity contribution >= 4 is 29.7 Å². The van der Waals surface area contributed by atoms with Crippen molar-refractivity contribution in [3.05, 3.63) is 0 Å². The zero-order chi connectivity index (χ0) is 40.0. The van der Waals surface area contributed by atoms with Gasteiger partial charge in [0.25, 0.3) is 11.8 Å². The molecule has 9 nitrogen and oxygen atoms in total. The monoisotopic (exact) mass is 415 g/mol. The van der Waals surface area contributed by atoms with Crippen LogP contribution in [0.2, 0.25) is 0 Å². The minimum atomic E-state index is -4.91. The molecule has 0 aromatic carbocycles. The van der Waals surface area contributed by atoms with Gasteiger partial charge in [0, 0.05) is 39.5 Å². The molecular weight excluding hydrogens is 366 g/mol. The molecule has 154 valence electrons. The number of carbonyl (C=O) groups is 5. The van der Waals surface area contributed by atoms with E-state index < -0.39 is 128 Å². The molecule has 1 aliphatic heterocycles. The Morgan fingerprint density at radius 1 is 0.929 bits per heavy atom. The van der Waals surface area contributed by atoms with Crippen LogP contribution in [0, 0.1) is 5.92 Å². The van der Waals surface area contributed by atoms with Gasteiger partial charge >= 0.3 is 12.0 Å². The van der Waals surface area contributed by atoms with Crippen LogP contribution in [-0.4, -0.2) is 63.2 Å². The van der Waals surface area contributed by atoms with Gasteiger partial charge in [0.05, 0.1) is 2.74 Å². The SMILES string of the molecule is [2H]C1([2H])C([2H])([2H])C([2H])([2H])C([2H])(N2C(=O)C(C(=O)NCC(=O)O)C(=O)N(C3([2H])C([2H])([2H])C([2H])([2H])C([2H])([2H])C([2H])([2H])C3([2H])[2H])C2=O)C([2H])([2H])C1([2H])[2H]. The Morgan fingerprint density at radius 3 is 1.75 bits per heavy atom. The number of rotatable bonds is 5. The molecule has 3 rings (SSSR count). The van der Waals surface area contributed by atoms with Gasteiger partial charge in [-0.2, -0.15) is 0 Å². The highest BCUT2D eigenvalue weighted by Gasteiger charge is 2.53. The molecule has 0 spiro atoms. The second-order valence-electron chi connectivity index (χ2n) is 5.12. The van der Waals surface area contributed by atoms with Gasteiger partial charge in [0.2, 0.25) is 5.91 Å². The molecule has 1 heterocycles. The fourth-order valence-electron chi connectivity index (χ4n) is 2.26. The van der Waals surface area contributed by atoms with Crippen molar-refractivity contribution in [2.24, 2.45) is 5.92 Å². The Bertz CT molecular complexity index is 1400. The summed E-state index contributed by atoms with van der Waals surface area (Å²) in [7, 11) is 0. The third kappa shape index (κ3) is 4.02. The summed E-state index contributed by atoms with van der Waals surface area (Å²) >= 11 is 0. The molecule has 0 bridgehead atoms. The lowest BCUT2D eigenvalue weighted by Gasteiger charge is -2.44. The van der Waals surface area contributed by atoms with Gasteiger partial charge in [0.1, 0.15) is 6.54 Å². The molecule has 2 aliphatic carbocycles. The number of imide groups is 2. The lowest BCUT2D eigenvalue weighted by molar-refractivity contribution is -0.158. The quantitative estimate of drug-likeness (QED) is 0.652. The van der Waals surface area contributed by atoms with Crippen LogP contribution in [0.4, 0.5) is 4.79 Å². The molecule has 3 fully saturated rings. The van der Waals surface area contributed by atoms with E-state index in [9.17, 15) is 24.0 Å². The summed E-state index contributed by atoms with van der Waals surface area (Å²) in [6, 6.07) is -12.8. The third-order valence-electron chi connectivity index (χ3n) is 3.41. The van der Waals surface area contributed by atoms with E-state index in [1.165, 1.54) is 5.32 Å². The molecule has 3 aliphatic rings. The van der Waals surface area contributed by atoms with Gasteiger partial charge in [-0.25, -0.2) is 4.79 Å². The van der Waals surface area contributed by atoms with Gasteiger partial charge in [-0.05, 0) is 25.5 Å². The summed E-state index contributed by atoms with van der Waals surface area (Å²) in [5.74, 6) is -12.9. The topological polar surface area (TPSA) is 124 Å². The number of barbiturate groups is 1. The summed E-state index contributed by atoms with van der Waals surface area (Å²) in [5.41, 5.74) is 0. The Hall–Kier alpha value is -2.45. The van der Waals surface area contributed by atoms with E-state index in [-0.39, 0.29) is 0 Å². The van der Waals surface area contributed by atoms with Crippen LogP contribution >= 0.6 is 0 Å². The number of nitrogens with zero attached hydrogens (tertiary/aromatic N) is 2. The fraction of sp³-hybridized carbons (Fsp3) is 0.737. The minimum absolute atomic E-state index is 1.25. The molecule has 0 unspecified atom stereocenters. The lowest BCUT2D eigenvalue weighted by Crippen LogP contribution is -2.67. The van der Waals surface area contributed by atoms with Crippen LogP contribution in [0.25, 0.3) is 0 Å². The van der Waals surface area contributed by atoms with E-state index in [1.807, 2.05) is 0 Å². The molecule has 0 aromatic heterocycles. The van der Waals surface area contributed by atoms with Gasteiger partial charge in [-0.3, -0.25) is 29.0 Å². The molecule has 0 radical (unpaired) electrons. The van der Waals surface area contributed by atoms with Crippen LogP contribution < -0.4 is 5.32 Å². The first-order valence-electron chi connectivity index (χ1n) is 18.4. The number of nitrogens with one attached hydrogen (secondary N) is 1. The van der Waals surface area contributed by atoms with Gasteiger partial charge in [-0.1, -0.05) is 38.2 Å². The van der Waals surface area contributed by atoms with E-state index in [0.29, 0.717) is 0 Å². The van der Waals surface area contributed by atoms with Crippen molar-refractivity contribution in [1.82, 2.24) is 15.1 Å². The molecular formula is C19H27N3O6. The Morgan fingerprint density at radius 2 is 1.36 bits per heavy atom. The van der Waals surface area contributed by atoms with Gasteiger partial charge in [-0.15, -0.1) is 0 Å². The van der Waals surface area contributed by atoms with Crippen molar-refractivity contribution < 1.29 is 59.2 Å². The smallest absolute Gasteiger partial charge is 0.333 e. The summed E-state index contributed by atoms with van der Waals surface area (Å²) in [5, 5.41) is 10.4. The number of carbonyl (C=O) groups excluding carboxylic acids is 4. The number of amides is 5. The Labute approximate surface area is 194 Å². The Balaban J connectivity index is 2.60. The van der Waals surface area contributed by atoms with E-state index in [2.05, 4.69) is 0 Å². The lowest BCUT2D eigenvalue weighted by atomic mass is 9.89. The number of aliphatic carboxylic acids is 1. The highest BCUT2D eigenvalue weighted by atomic mass is 16.4. The summed E-state index contributed by atoms with van der Waals surface area (Å²) in [4.78, 5) is 63.9. The molecule has 1 saturated heterocycles. The summed E-state index contributed by atoms with van der Waals surface area (Å²) in [6.07, 6.45) is -45.4. The number of carboxylic acids is 1. The van der Waals surface area contributed by atoms with Crippen LogP contribution in [0.5, 0.6) is 0 Å². The second kappa shape index (κ2) is 8.70. The molecule has 0 aromatic rings. The van der Waals surface area contributed by atoms with E-state index in [1.54, 1.807) is 0 Å². The molecule has 2 saturated carbocycles.